The lowest BCUT2D eigenvalue weighted by atomic mass is 9.84. The van der Waals surface area contributed by atoms with Gasteiger partial charge < -0.3 is 20.7 Å². The Balaban J connectivity index is 1.43. The Morgan fingerprint density at radius 2 is 1.96 bits per heavy atom. The number of carbonyl (C=O) groups excluding carboxylic acids is 2. The van der Waals surface area contributed by atoms with Crippen molar-refractivity contribution < 1.29 is 14.3 Å². The first-order valence-electron chi connectivity index (χ1n) is 9.62. The monoisotopic (exact) mass is 359 g/mol. The van der Waals surface area contributed by atoms with Gasteiger partial charge in [0.2, 0.25) is 0 Å². The predicted octanol–water partition coefficient (Wildman–Crippen LogP) is 3.15. The van der Waals surface area contributed by atoms with E-state index in [0.717, 1.165) is 11.8 Å². The van der Waals surface area contributed by atoms with Crippen molar-refractivity contribution in [1.82, 2.24) is 10.6 Å². The average molecular weight is 359 g/mol. The fourth-order valence-electron chi connectivity index (χ4n) is 4.42. The molecule has 0 aromatic heterocycles. The van der Waals surface area contributed by atoms with Gasteiger partial charge in [-0.3, -0.25) is 4.79 Å². The van der Waals surface area contributed by atoms with Gasteiger partial charge in [-0.1, -0.05) is 6.42 Å². The Bertz CT molecular complexity index is 632. The SMILES string of the molecule is CCNC(=O)COc1ccc(NC(=O)N[C@H](C)[C@@H]2C[C@H]3CC[C@H]2C3)cc1. The number of hydrogen-bond donors (Lipinski definition) is 3. The number of likely N-dealkylation sites (N-methyl/N-ethyl adjacent to an activating group) is 1. The number of urea groups is 1. The van der Waals surface area contributed by atoms with Gasteiger partial charge in [-0.2, -0.15) is 0 Å². The number of ether oxygens (including phenoxy) is 1. The molecule has 2 saturated carbocycles. The molecule has 4 atom stereocenters. The Labute approximate surface area is 155 Å². The summed E-state index contributed by atoms with van der Waals surface area (Å²) in [5, 5.41) is 8.63. The average Bonchev–Trinajstić information content (AvgIpc) is 3.24. The summed E-state index contributed by atoms with van der Waals surface area (Å²) in [6, 6.07) is 7.06. The molecule has 1 aromatic rings. The maximum absolute atomic E-state index is 12.3. The molecule has 0 saturated heterocycles. The van der Waals surface area contributed by atoms with Crippen LogP contribution in [0.2, 0.25) is 0 Å². The van der Waals surface area contributed by atoms with Gasteiger partial charge in [0.05, 0.1) is 0 Å². The molecule has 6 heteroatoms. The summed E-state index contributed by atoms with van der Waals surface area (Å²) in [5.74, 6) is 2.73. The number of rotatable bonds is 7. The highest BCUT2D eigenvalue weighted by atomic mass is 16.5. The van der Waals surface area contributed by atoms with Gasteiger partial charge in [0.15, 0.2) is 6.61 Å². The number of hydrogen-bond acceptors (Lipinski definition) is 3. The number of nitrogens with one attached hydrogen (secondary N) is 3. The summed E-state index contributed by atoms with van der Waals surface area (Å²) in [5.41, 5.74) is 0.702. The Hall–Kier alpha value is -2.24. The largest absolute Gasteiger partial charge is 0.484 e. The van der Waals surface area contributed by atoms with E-state index in [-0.39, 0.29) is 24.6 Å². The molecule has 2 aliphatic carbocycles. The van der Waals surface area contributed by atoms with Crippen LogP contribution in [-0.2, 0) is 4.79 Å². The van der Waals surface area contributed by atoms with Crippen molar-refractivity contribution in [2.75, 3.05) is 18.5 Å². The molecule has 3 N–H and O–H groups in total. The molecule has 0 radical (unpaired) electrons. The fourth-order valence-corrected chi connectivity index (χ4v) is 4.42. The van der Waals surface area contributed by atoms with E-state index in [4.69, 9.17) is 4.74 Å². The number of carbonyl (C=O) groups is 2. The van der Waals surface area contributed by atoms with Crippen molar-refractivity contribution in [3.05, 3.63) is 24.3 Å². The van der Waals surface area contributed by atoms with Gasteiger partial charge in [0.1, 0.15) is 5.75 Å². The second kappa shape index (κ2) is 8.43. The molecular formula is C20H29N3O3. The zero-order valence-corrected chi connectivity index (χ0v) is 15.6. The number of benzene rings is 1. The third-order valence-corrected chi connectivity index (χ3v) is 5.65. The Morgan fingerprint density at radius 3 is 2.58 bits per heavy atom. The lowest BCUT2D eigenvalue weighted by Crippen LogP contribution is -2.42. The van der Waals surface area contributed by atoms with Crippen molar-refractivity contribution in [2.45, 2.75) is 45.6 Å². The predicted molar refractivity (Wildman–Crippen MR) is 101 cm³/mol. The van der Waals surface area contributed by atoms with Gasteiger partial charge in [-0.15, -0.1) is 0 Å². The van der Waals surface area contributed by atoms with E-state index >= 15 is 0 Å². The van der Waals surface area contributed by atoms with Crippen LogP contribution in [-0.4, -0.2) is 31.1 Å². The van der Waals surface area contributed by atoms with Gasteiger partial charge in [-0.25, -0.2) is 4.79 Å². The molecule has 2 fully saturated rings. The Morgan fingerprint density at radius 1 is 1.19 bits per heavy atom. The van der Waals surface area contributed by atoms with Crippen LogP contribution in [0.4, 0.5) is 10.5 Å². The summed E-state index contributed by atoms with van der Waals surface area (Å²) in [6.07, 6.45) is 5.29. The van der Waals surface area contributed by atoms with Crippen molar-refractivity contribution in [3.8, 4) is 5.75 Å². The maximum atomic E-state index is 12.3. The second-order valence-electron chi connectivity index (χ2n) is 7.49. The van der Waals surface area contributed by atoms with Gasteiger partial charge >= 0.3 is 6.03 Å². The summed E-state index contributed by atoms with van der Waals surface area (Å²) in [4.78, 5) is 23.6. The topological polar surface area (TPSA) is 79.5 Å². The normalized spacial score (nSPS) is 24.8. The summed E-state index contributed by atoms with van der Waals surface area (Å²) >= 11 is 0. The van der Waals surface area contributed by atoms with E-state index in [2.05, 4.69) is 22.9 Å². The maximum Gasteiger partial charge on any atom is 0.319 e. The molecule has 2 bridgehead atoms. The number of amides is 3. The van der Waals surface area contributed by atoms with Crippen LogP contribution in [0.5, 0.6) is 5.75 Å². The molecule has 0 unspecified atom stereocenters. The van der Waals surface area contributed by atoms with Crippen LogP contribution in [0, 0.1) is 17.8 Å². The quantitative estimate of drug-likeness (QED) is 0.700. The minimum Gasteiger partial charge on any atom is -0.484 e. The standard InChI is InChI=1S/C20H29N3O3/c1-3-21-19(24)12-26-17-8-6-16(7-9-17)23-20(25)22-13(2)18-11-14-4-5-15(18)10-14/h6-9,13-15,18H,3-5,10-12H2,1-2H3,(H,21,24)(H2,22,23,25)/t13-,14+,15+,18+/m1/s1. The summed E-state index contributed by atoms with van der Waals surface area (Å²) in [6.45, 7) is 4.55. The molecule has 6 nitrogen and oxygen atoms in total. The van der Waals surface area contributed by atoms with E-state index in [9.17, 15) is 9.59 Å². The summed E-state index contributed by atoms with van der Waals surface area (Å²) in [7, 11) is 0. The minimum atomic E-state index is -0.170. The van der Waals surface area contributed by atoms with Crippen LogP contribution >= 0.6 is 0 Å². The molecule has 26 heavy (non-hydrogen) atoms. The van der Waals surface area contributed by atoms with Crippen LogP contribution in [0.1, 0.15) is 39.5 Å². The molecular weight excluding hydrogens is 330 g/mol. The molecule has 142 valence electrons. The van der Waals surface area contributed by atoms with Gasteiger partial charge in [-0.05, 0) is 75.1 Å². The van der Waals surface area contributed by atoms with E-state index < -0.39 is 0 Å². The van der Waals surface area contributed by atoms with Crippen molar-refractivity contribution in [1.29, 1.82) is 0 Å². The van der Waals surface area contributed by atoms with Gasteiger partial charge in [0, 0.05) is 18.3 Å². The number of anilines is 1. The lowest BCUT2D eigenvalue weighted by Gasteiger charge is -2.28. The van der Waals surface area contributed by atoms with Crippen LogP contribution < -0.4 is 20.7 Å². The van der Waals surface area contributed by atoms with Crippen molar-refractivity contribution >= 4 is 17.6 Å². The van der Waals surface area contributed by atoms with E-state index in [1.165, 1.54) is 25.7 Å². The van der Waals surface area contributed by atoms with Crippen LogP contribution in [0.15, 0.2) is 24.3 Å². The molecule has 0 aliphatic heterocycles. The zero-order valence-electron chi connectivity index (χ0n) is 15.6. The third kappa shape index (κ3) is 4.68. The molecule has 3 amide bonds. The fraction of sp³-hybridized carbons (Fsp3) is 0.600. The highest BCUT2D eigenvalue weighted by Gasteiger charge is 2.42. The molecule has 2 aliphatic rings. The first kappa shape index (κ1) is 18.5. The third-order valence-electron chi connectivity index (χ3n) is 5.65. The van der Waals surface area contributed by atoms with E-state index in [1.807, 2.05) is 6.92 Å². The summed E-state index contributed by atoms with van der Waals surface area (Å²) < 4.78 is 5.40. The highest BCUT2D eigenvalue weighted by Crippen LogP contribution is 2.49. The molecule has 0 spiro atoms. The second-order valence-corrected chi connectivity index (χ2v) is 7.49. The van der Waals surface area contributed by atoms with Crippen LogP contribution in [0.25, 0.3) is 0 Å². The first-order chi connectivity index (χ1) is 12.5. The van der Waals surface area contributed by atoms with Gasteiger partial charge in [0.25, 0.3) is 5.91 Å². The lowest BCUT2D eigenvalue weighted by molar-refractivity contribution is -0.122. The highest BCUT2D eigenvalue weighted by molar-refractivity contribution is 5.89. The molecule has 1 aromatic carbocycles. The minimum absolute atomic E-state index is 0.0117. The van der Waals surface area contributed by atoms with Crippen LogP contribution in [0.3, 0.4) is 0 Å². The molecule has 0 heterocycles. The van der Waals surface area contributed by atoms with E-state index in [1.54, 1.807) is 24.3 Å². The number of fused-ring (bicyclic) bond motifs is 2. The Kier molecular flexibility index (Phi) is 6.01. The first-order valence-corrected chi connectivity index (χ1v) is 9.62. The van der Waals surface area contributed by atoms with E-state index in [0.29, 0.717) is 23.9 Å². The zero-order chi connectivity index (χ0) is 18.5. The van der Waals surface area contributed by atoms with Crippen molar-refractivity contribution in [2.24, 2.45) is 17.8 Å². The smallest absolute Gasteiger partial charge is 0.319 e. The molecule has 3 rings (SSSR count). The van der Waals surface area contributed by atoms with Crippen molar-refractivity contribution in [3.63, 3.8) is 0 Å².